The lowest BCUT2D eigenvalue weighted by molar-refractivity contribution is -0.140. The van der Waals surface area contributed by atoms with E-state index in [9.17, 15) is 9.59 Å². The molecular weight excluding hydrogens is 272 g/mol. The van der Waals surface area contributed by atoms with Gasteiger partial charge in [0.25, 0.3) is 0 Å². The van der Waals surface area contributed by atoms with E-state index in [1.807, 2.05) is 6.07 Å². The molecule has 2 aliphatic heterocycles. The number of fused-ring (bicyclic) bond motifs is 1. The first-order chi connectivity index (χ1) is 10.1. The zero-order valence-corrected chi connectivity index (χ0v) is 12.1. The molecule has 2 aliphatic rings. The summed E-state index contributed by atoms with van der Waals surface area (Å²) in [5, 5.41) is 2.90. The van der Waals surface area contributed by atoms with E-state index in [0.29, 0.717) is 26.2 Å². The van der Waals surface area contributed by atoms with Crippen LogP contribution in [0.25, 0.3) is 0 Å². The Kier molecular flexibility index (Phi) is 3.96. The third kappa shape index (κ3) is 2.95. The van der Waals surface area contributed by atoms with Gasteiger partial charge in [0.2, 0.25) is 11.8 Å². The molecule has 0 saturated carbocycles. The highest BCUT2D eigenvalue weighted by atomic mass is 16.5. The van der Waals surface area contributed by atoms with Gasteiger partial charge >= 0.3 is 0 Å². The van der Waals surface area contributed by atoms with Crippen molar-refractivity contribution in [3.8, 4) is 0 Å². The molecule has 3 atom stereocenters. The molecular formula is C15H20N2O4. The minimum atomic E-state index is -0.204. The summed E-state index contributed by atoms with van der Waals surface area (Å²) >= 11 is 0. The lowest BCUT2D eigenvalue weighted by atomic mass is 9.82. The van der Waals surface area contributed by atoms with Crippen LogP contribution >= 0.6 is 0 Å². The number of hydrogen-bond acceptors (Lipinski definition) is 4. The molecule has 3 rings (SSSR count). The van der Waals surface area contributed by atoms with E-state index in [2.05, 4.69) is 5.32 Å². The van der Waals surface area contributed by atoms with Crippen LogP contribution in [0.5, 0.6) is 0 Å². The summed E-state index contributed by atoms with van der Waals surface area (Å²) in [5.41, 5.74) is 0. The zero-order chi connectivity index (χ0) is 14.8. The van der Waals surface area contributed by atoms with Gasteiger partial charge in [0.15, 0.2) is 0 Å². The van der Waals surface area contributed by atoms with E-state index >= 15 is 0 Å². The monoisotopic (exact) mass is 292 g/mol. The Hall–Kier alpha value is -1.82. The van der Waals surface area contributed by atoms with Crippen molar-refractivity contribution in [2.24, 2.45) is 11.8 Å². The molecule has 0 aromatic carbocycles. The number of amides is 2. The number of nitrogens with zero attached hydrogens (tertiary/aromatic N) is 1. The van der Waals surface area contributed by atoms with Gasteiger partial charge < -0.3 is 19.4 Å². The third-order valence-corrected chi connectivity index (χ3v) is 4.39. The van der Waals surface area contributed by atoms with Crippen LogP contribution in [0.3, 0.4) is 0 Å². The number of carbonyl (C=O) groups is 2. The van der Waals surface area contributed by atoms with Crippen LogP contribution in [0, 0.1) is 11.8 Å². The molecule has 0 bridgehead atoms. The molecule has 114 valence electrons. The number of carbonyl (C=O) groups excluding carboxylic acids is 2. The van der Waals surface area contributed by atoms with Crippen LogP contribution in [0.1, 0.15) is 19.1 Å². The van der Waals surface area contributed by atoms with Crippen LogP contribution in [0.4, 0.5) is 0 Å². The van der Waals surface area contributed by atoms with Gasteiger partial charge in [0.1, 0.15) is 5.76 Å². The minimum absolute atomic E-state index is 0.00668. The number of likely N-dealkylation sites (tertiary alicyclic amines) is 1. The molecule has 1 N–H and O–H groups in total. The Bertz CT molecular complexity index is 514. The van der Waals surface area contributed by atoms with Gasteiger partial charge in [0.05, 0.1) is 24.8 Å². The minimum Gasteiger partial charge on any atom is -0.467 e. The number of ether oxygens (including phenoxy) is 1. The first-order valence-corrected chi connectivity index (χ1v) is 7.32. The van der Waals surface area contributed by atoms with Crippen LogP contribution in [-0.2, 0) is 20.9 Å². The molecule has 0 unspecified atom stereocenters. The second-order valence-electron chi connectivity index (χ2n) is 5.69. The van der Waals surface area contributed by atoms with Gasteiger partial charge in [-0.3, -0.25) is 9.59 Å². The molecule has 3 heterocycles. The number of furan rings is 1. The maximum atomic E-state index is 12.5. The molecule has 1 aromatic rings. The average molecular weight is 292 g/mol. The number of hydrogen-bond donors (Lipinski definition) is 1. The Labute approximate surface area is 123 Å². The topological polar surface area (TPSA) is 71.8 Å². The zero-order valence-electron chi connectivity index (χ0n) is 12.1. The first-order valence-electron chi connectivity index (χ1n) is 7.32. The van der Waals surface area contributed by atoms with Crippen LogP contribution in [-0.4, -0.2) is 42.5 Å². The highest BCUT2D eigenvalue weighted by Gasteiger charge is 2.44. The highest BCUT2D eigenvalue weighted by molar-refractivity contribution is 5.81. The molecule has 2 fully saturated rings. The summed E-state index contributed by atoms with van der Waals surface area (Å²) in [5.74, 6) is 0.690. The largest absolute Gasteiger partial charge is 0.467 e. The SMILES string of the molecule is CC(=O)N1C[C@H]2OCC[C@H]2[C@H](C(=O)NCc2ccco2)C1. The molecule has 2 amide bonds. The predicted octanol–water partition coefficient (Wildman–Crippen LogP) is 0.779. The lowest BCUT2D eigenvalue weighted by Gasteiger charge is -2.38. The number of rotatable bonds is 3. The average Bonchev–Trinajstić information content (AvgIpc) is 3.14. The second kappa shape index (κ2) is 5.89. The summed E-state index contributed by atoms with van der Waals surface area (Å²) in [7, 11) is 0. The van der Waals surface area contributed by atoms with Crippen LogP contribution in [0.15, 0.2) is 22.8 Å². The summed E-state index contributed by atoms with van der Waals surface area (Å²) in [6, 6.07) is 3.62. The van der Waals surface area contributed by atoms with E-state index in [0.717, 1.165) is 12.2 Å². The van der Waals surface area contributed by atoms with E-state index in [-0.39, 0.29) is 29.8 Å². The molecule has 0 radical (unpaired) electrons. The number of nitrogens with one attached hydrogen (secondary N) is 1. The van der Waals surface area contributed by atoms with Crippen LogP contribution in [0.2, 0.25) is 0 Å². The van der Waals surface area contributed by atoms with E-state index in [1.54, 1.807) is 17.2 Å². The Balaban J connectivity index is 1.66. The molecule has 6 nitrogen and oxygen atoms in total. The fraction of sp³-hybridized carbons (Fsp3) is 0.600. The van der Waals surface area contributed by atoms with Gasteiger partial charge in [0, 0.05) is 32.5 Å². The van der Waals surface area contributed by atoms with Crippen molar-refractivity contribution in [2.45, 2.75) is 26.0 Å². The van der Waals surface area contributed by atoms with E-state index in [4.69, 9.17) is 9.15 Å². The fourth-order valence-electron chi connectivity index (χ4n) is 3.23. The van der Waals surface area contributed by atoms with Crippen molar-refractivity contribution in [3.05, 3.63) is 24.2 Å². The predicted molar refractivity (Wildman–Crippen MR) is 74.1 cm³/mol. The lowest BCUT2D eigenvalue weighted by Crippen LogP contribution is -2.53. The highest BCUT2D eigenvalue weighted by Crippen LogP contribution is 2.33. The molecule has 21 heavy (non-hydrogen) atoms. The molecule has 6 heteroatoms. The van der Waals surface area contributed by atoms with Crippen molar-refractivity contribution in [1.82, 2.24) is 10.2 Å². The normalized spacial score (nSPS) is 28.2. The van der Waals surface area contributed by atoms with Crippen molar-refractivity contribution >= 4 is 11.8 Å². The van der Waals surface area contributed by atoms with Gasteiger partial charge in [-0.1, -0.05) is 0 Å². The maximum absolute atomic E-state index is 12.5. The van der Waals surface area contributed by atoms with Gasteiger partial charge in [-0.05, 0) is 18.6 Å². The quantitative estimate of drug-likeness (QED) is 0.893. The molecule has 2 saturated heterocycles. The Morgan fingerprint density at radius 1 is 1.43 bits per heavy atom. The summed E-state index contributed by atoms with van der Waals surface area (Å²) in [6.07, 6.45) is 2.46. The summed E-state index contributed by atoms with van der Waals surface area (Å²) in [6.45, 7) is 3.66. The smallest absolute Gasteiger partial charge is 0.225 e. The molecule has 0 aliphatic carbocycles. The standard InChI is InChI=1S/C15H20N2O4/c1-10(18)17-8-13(12-4-6-21-14(12)9-17)15(19)16-7-11-3-2-5-20-11/h2-3,5,12-14H,4,6-9H2,1H3,(H,16,19)/t12-,13+,14+/m0/s1. The molecule has 1 aromatic heterocycles. The van der Waals surface area contributed by atoms with Gasteiger partial charge in [-0.15, -0.1) is 0 Å². The summed E-state index contributed by atoms with van der Waals surface area (Å²) in [4.78, 5) is 25.8. The number of piperidine rings is 1. The van der Waals surface area contributed by atoms with Crippen molar-refractivity contribution in [2.75, 3.05) is 19.7 Å². The fourth-order valence-corrected chi connectivity index (χ4v) is 3.23. The van der Waals surface area contributed by atoms with Crippen molar-refractivity contribution in [1.29, 1.82) is 0 Å². The van der Waals surface area contributed by atoms with Crippen molar-refractivity contribution < 1.29 is 18.7 Å². The van der Waals surface area contributed by atoms with Gasteiger partial charge in [-0.25, -0.2) is 0 Å². The Morgan fingerprint density at radius 2 is 2.29 bits per heavy atom. The third-order valence-electron chi connectivity index (χ3n) is 4.39. The maximum Gasteiger partial charge on any atom is 0.225 e. The van der Waals surface area contributed by atoms with Crippen molar-refractivity contribution in [3.63, 3.8) is 0 Å². The summed E-state index contributed by atoms with van der Waals surface area (Å²) < 4.78 is 10.9. The molecule has 0 spiro atoms. The second-order valence-corrected chi connectivity index (χ2v) is 5.69. The Morgan fingerprint density at radius 3 is 3.00 bits per heavy atom. The first kappa shape index (κ1) is 14.1. The van der Waals surface area contributed by atoms with E-state index < -0.39 is 0 Å². The van der Waals surface area contributed by atoms with Crippen LogP contribution < -0.4 is 5.32 Å². The van der Waals surface area contributed by atoms with Gasteiger partial charge in [-0.2, -0.15) is 0 Å². The van der Waals surface area contributed by atoms with E-state index in [1.165, 1.54) is 6.92 Å².